The number of nitroso groups, excluding NO2 is 1. The van der Waals surface area contributed by atoms with Crippen LogP contribution in [0.4, 0.5) is 4.39 Å². The summed E-state index contributed by atoms with van der Waals surface area (Å²) in [7, 11) is 3.29. The minimum absolute atomic E-state index is 0.165. The van der Waals surface area contributed by atoms with Crippen LogP contribution in [0.5, 0.6) is 5.75 Å². The summed E-state index contributed by atoms with van der Waals surface area (Å²) in [5, 5.41) is 4.44. The lowest BCUT2D eigenvalue weighted by atomic mass is 9.96. The zero-order valence-corrected chi connectivity index (χ0v) is 22.0. The fraction of sp³-hybridized carbons (Fsp3) is 0.500. The van der Waals surface area contributed by atoms with Gasteiger partial charge in [0.2, 0.25) is 11.8 Å². The second-order valence-electron chi connectivity index (χ2n) is 9.82. The van der Waals surface area contributed by atoms with Crippen molar-refractivity contribution in [3.63, 3.8) is 0 Å². The zero-order chi connectivity index (χ0) is 27.1. The molecular weight excluding hydrogens is 491 g/mol. The first kappa shape index (κ1) is 27.5. The lowest BCUT2D eigenvalue weighted by Gasteiger charge is -2.39. The smallest absolute Gasteiger partial charge is 0.265 e. The number of nitrogens with zero attached hydrogens (tertiary/aromatic N) is 3. The van der Waals surface area contributed by atoms with Crippen molar-refractivity contribution in [2.75, 3.05) is 33.9 Å². The summed E-state index contributed by atoms with van der Waals surface area (Å²) in [4.78, 5) is 43.1. The Morgan fingerprint density at radius 1 is 1.11 bits per heavy atom. The van der Waals surface area contributed by atoms with Crippen molar-refractivity contribution in [2.24, 2.45) is 0 Å². The Kier molecular flexibility index (Phi) is 9.28. The second kappa shape index (κ2) is 12.8. The highest BCUT2D eigenvalue weighted by atomic mass is 19.1. The van der Waals surface area contributed by atoms with Crippen molar-refractivity contribution in [1.29, 1.82) is 0 Å². The Hall–Kier alpha value is -3.53. The van der Waals surface area contributed by atoms with Crippen LogP contribution in [-0.2, 0) is 27.3 Å². The molecule has 0 aliphatic carbocycles. The van der Waals surface area contributed by atoms with E-state index in [2.05, 4.69) is 5.32 Å². The quantitative estimate of drug-likeness (QED) is 0.478. The average Bonchev–Trinajstić information content (AvgIpc) is 3.27. The predicted molar refractivity (Wildman–Crippen MR) is 139 cm³/mol. The first-order valence-corrected chi connectivity index (χ1v) is 13.1. The minimum atomic E-state index is -0.968. The van der Waals surface area contributed by atoms with Crippen LogP contribution in [0, 0.1) is 10.7 Å². The molecule has 2 heterocycles. The van der Waals surface area contributed by atoms with Crippen molar-refractivity contribution < 1.29 is 28.3 Å². The molecule has 0 spiro atoms. The summed E-state index contributed by atoms with van der Waals surface area (Å²) in [6, 6.07) is 11.5. The second-order valence-corrected chi connectivity index (χ2v) is 9.82. The van der Waals surface area contributed by atoms with Gasteiger partial charge < -0.3 is 19.7 Å². The van der Waals surface area contributed by atoms with E-state index in [1.807, 2.05) is 24.3 Å². The van der Waals surface area contributed by atoms with E-state index in [1.165, 1.54) is 17.1 Å². The summed E-state index contributed by atoms with van der Waals surface area (Å²) in [5.41, 5.74) is 1.71. The van der Waals surface area contributed by atoms with Crippen LogP contribution >= 0.6 is 0 Å². The lowest BCUT2D eigenvalue weighted by Crippen LogP contribution is -2.61. The molecule has 38 heavy (non-hydrogen) atoms. The van der Waals surface area contributed by atoms with Gasteiger partial charge in [0.05, 0.1) is 25.6 Å². The maximum absolute atomic E-state index is 13.8. The van der Waals surface area contributed by atoms with Gasteiger partial charge in [0, 0.05) is 38.6 Å². The maximum Gasteiger partial charge on any atom is 0.265 e. The van der Waals surface area contributed by atoms with Gasteiger partial charge in [-0.2, -0.15) is 0 Å². The van der Waals surface area contributed by atoms with Crippen molar-refractivity contribution in [3.8, 4) is 5.75 Å². The molecule has 10 heteroatoms. The van der Waals surface area contributed by atoms with E-state index >= 15 is 0 Å². The van der Waals surface area contributed by atoms with Crippen LogP contribution in [0.25, 0.3) is 0 Å². The molecule has 1 N–H and O–H groups in total. The number of hydrazine groups is 1. The molecule has 2 aromatic rings. The van der Waals surface area contributed by atoms with Gasteiger partial charge in [0.25, 0.3) is 6.04 Å². The molecule has 2 atom stereocenters. The topological polar surface area (TPSA) is 91.2 Å². The van der Waals surface area contributed by atoms with Crippen molar-refractivity contribution in [3.05, 3.63) is 70.4 Å². The summed E-state index contributed by atoms with van der Waals surface area (Å²) in [5.74, 6) is -0.179. The predicted octanol–water partition coefficient (Wildman–Crippen LogP) is 2.86. The number of methoxy groups -OCH3 is 1. The molecule has 2 aromatic carbocycles. The van der Waals surface area contributed by atoms with Gasteiger partial charge in [-0.25, -0.2) is 4.39 Å². The van der Waals surface area contributed by atoms with Gasteiger partial charge in [-0.15, -0.1) is 5.01 Å². The third-order valence-corrected chi connectivity index (χ3v) is 7.34. The molecule has 0 saturated carbocycles. The van der Waals surface area contributed by atoms with E-state index < -0.39 is 12.1 Å². The Balaban J connectivity index is 1.58. The fourth-order valence-corrected chi connectivity index (χ4v) is 5.16. The normalized spacial score (nSPS) is 18.8. The number of hydrogen-bond donors (Lipinski definition) is 1. The van der Waals surface area contributed by atoms with Gasteiger partial charge in [0.1, 0.15) is 16.4 Å². The molecule has 0 radical (unpaired) electrons. The number of rotatable bonds is 10. The summed E-state index contributed by atoms with van der Waals surface area (Å²) in [6.07, 6.45) is 2.35. The van der Waals surface area contributed by atoms with Gasteiger partial charge in [0.15, 0.2) is 6.04 Å². The Morgan fingerprint density at radius 2 is 1.76 bits per heavy atom. The highest BCUT2D eigenvalue weighted by Gasteiger charge is 2.52. The van der Waals surface area contributed by atoms with E-state index in [9.17, 15) is 18.9 Å². The van der Waals surface area contributed by atoms with Crippen molar-refractivity contribution in [2.45, 2.75) is 56.8 Å². The number of carbonyl (C=O) groups is 2. The third-order valence-electron chi connectivity index (χ3n) is 7.34. The molecule has 4 rings (SSSR count). The number of ether oxygens (including phenoxy) is 2. The van der Waals surface area contributed by atoms with Gasteiger partial charge >= 0.3 is 0 Å². The van der Waals surface area contributed by atoms with E-state index in [1.54, 1.807) is 31.2 Å². The number of hydrogen-bond acceptors (Lipinski definition) is 5. The van der Waals surface area contributed by atoms with Gasteiger partial charge in [-0.05, 0) is 54.7 Å². The molecule has 2 aliphatic rings. The van der Waals surface area contributed by atoms with Crippen molar-refractivity contribution in [1.82, 2.24) is 15.2 Å². The number of aryl methyl sites for hydroxylation is 1. The first-order valence-electron chi connectivity index (χ1n) is 13.1. The molecule has 204 valence electrons. The summed E-state index contributed by atoms with van der Waals surface area (Å²) in [6.45, 7) is 1.64. The molecule has 2 aliphatic heterocycles. The number of amides is 2. The van der Waals surface area contributed by atoms with E-state index in [0.717, 1.165) is 21.7 Å². The van der Waals surface area contributed by atoms with Crippen LogP contribution in [0.3, 0.4) is 0 Å². The zero-order valence-electron chi connectivity index (χ0n) is 22.0. The lowest BCUT2D eigenvalue weighted by molar-refractivity contribution is -0.707. The highest BCUT2D eigenvalue weighted by molar-refractivity contribution is 5.88. The molecule has 2 fully saturated rings. The van der Waals surface area contributed by atoms with Crippen LogP contribution in [0.1, 0.15) is 36.8 Å². The molecule has 0 bridgehead atoms. The molecular formula is C28H36FN4O5+. The largest absolute Gasteiger partial charge is 0.497 e. The third kappa shape index (κ3) is 6.66. The number of benzene rings is 2. The summed E-state index contributed by atoms with van der Waals surface area (Å²) < 4.78 is 24.1. The van der Waals surface area contributed by atoms with Crippen LogP contribution in [0.15, 0.2) is 48.5 Å². The molecule has 2 saturated heterocycles. The van der Waals surface area contributed by atoms with Crippen LogP contribution in [-0.4, -0.2) is 78.6 Å². The molecule has 2 amide bonds. The SMILES string of the molecule is COc1ccc(CCC(=O)N(C2CCOCC2)C(C(=O)NCc2ccc(F)cc2)C2CCN(C)[N+]2=O)cc1. The van der Waals surface area contributed by atoms with Crippen LogP contribution in [0.2, 0.25) is 0 Å². The van der Waals surface area contributed by atoms with Crippen molar-refractivity contribution >= 4 is 11.8 Å². The fourth-order valence-electron chi connectivity index (χ4n) is 5.16. The number of nitrogens with one attached hydrogen (secondary N) is 1. The average molecular weight is 528 g/mol. The molecule has 2 unspecified atom stereocenters. The first-order chi connectivity index (χ1) is 18.4. The highest BCUT2D eigenvalue weighted by Crippen LogP contribution is 2.26. The monoisotopic (exact) mass is 527 g/mol. The Morgan fingerprint density at radius 3 is 2.37 bits per heavy atom. The Labute approximate surface area is 222 Å². The van der Waals surface area contributed by atoms with E-state index in [0.29, 0.717) is 45.4 Å². The number of halogens is 1. The molecule has 0 aromatic heterocycles. The maximum atomic E-state index is 13.8. The Bertz CT molecular complexity index is 1110. The van der Waals surface area contributed by atoms with E-state index in [-0.39, 0.29) is 36.6 Å². The molecule has 9 nitrogen and oxygen atoms in total. The minimum Gasteiger partial charge on any atom is -0.497 e. The standard InChI is InChI=1S/C28H35FN4O5/c1-31-16-13-25(33(31)36)27(28(35)30-19-21-3-8-22(29)9-4-21)32(23-14-17-38-18-15-23)26(34)12-7-20-5-10-24(37-2)11-6-20/h3-6,8-11,23,25,27H,7,12-19H2,1-2H3/p+1. The summed E-state index contributed by atoms with van der Waals surface area (Å²) >= 11 is 0. The van der Waals surface area contributed by atoms with Gasteiger partial charge in [-0.1, -0.05) is 24.3 Å². The van der Waals surface area contributed by atoms with Crippen LogP contribution < -0.4 is 10.1 Å². The van der Waals surface area contributed by atoms with Gasteiger partial charge in [-0.3, -0.25) is 9.59 Å². The number of carbonyl (C=O) groups excluding carboxylic acids is 2. The van der Waals surface area contributed by atoms with E-state index in [4.69, 9.17) is 9.47 Å².